The molecule has 1 aromatic carbocycles. The van der Waals surface area contributed by atoms with Gasteiger partial charge < -0.3 is 11.1 Å². The monoisotopic (exact) mass is 405 g/mol. The summed E-state index contributed by atoms with van der Waals surface area (Å²) in [6.45, 7) is 3.50. The van der Waals surface area contributed by atoms with Gasteiger partial charge in [0.15, 0.2) is 0 Å². The van der Waals surface area contributed by atoms with E-state index in [-0.39, 0.29) is 22.8 Å². The zero-order chi connectivity index (χ0) is 20.2. The first-order valence-corrected chi connectivity index (χ1v) is 11.7. The first-order valence-electron chi connectivity index (χ1n) is 10.2. The predicted octanol–water partition coefficient (Wildman–Crippen LogP) is 2.80. The zero-order valence-electron chi connectivity index (χ0n) is 16.7. The van der Waals surface area contributed by atoms with Gasteiger partial charge in [0.05, 0.1) is 4.90 Å². The minimum absolute atomic E-state index is 0.0578. The van der Waals surface area contributed by atoms with Crippen LogP contribution in [0.2, 0.25) is 0 Å². The normalized spacial score (nSPS) is 31.7. The lowest BCUT2D eigenvalue weighted by molar-refractivity contribution is -0.127. The summed E-state index contributed by atoms with van der Waals surface area (Å²) in [6, 6.07) is 6.06. The molecule has 4 aliphatic carbocycles. The van der Waals surface area contributed by atoms with E-state index < -0.39 is 15.6 Å². The number of nitrogen functional groups attached to an aromatic ring is 1. The van der Waals surface area contributed by atoms with E-state index in [1.54, 1.807) is 26.0 Å². The molecule has 154 valence electrons. The summed E-state index contributed by atoms with van der Waals surface area (Å²) < 4.78 is 28.0. The van der Waals surface area contributed by atoms with Crippen LogP contribution < -0.4 is 15.8 Å². The Bertz CT molecular complexity index is 826. The molecule has 0 aliphatic heterocycles. The van der Waals surface area contributed by atoms with E-state index in [1.807, 2.05) is 0 Å². The van der Waals surface area contributed by atoms with Crippen LogP contribution in [0.1, 0.15) is 58.8 Å². The van der Waals surface area contributed by atoms with Crippen molar-refractivity contribution in [2.45, 2.75) is 74.8 Å². The molecule has 1 aromatic rings. The Morgan fingerprint density at radius 1 is 1.07 bits per heavy atom. The zero-order valence-corrected chi connectivity index (χ0v) is 17.5. The molecular formula is C21H31N3O3S. The number of nitrogens with two attached hydrogens (primary N) is 1. The number of sulfonamides is 1. The summed E-state index contributed by atoms with van der Waals surface area (Å²) in [6.07, 6.45) is 7.34. The van der Waals surface area contributed by atoms with E-state index in [0.29, 0.717) is 5.69 Å². The standard InChI is InChI=1S/C21H31N3O3S/c1-20(2,24-28(26,27)18-5-3-17(22)4-6-18)13-19(25)23-21-10-14-7-15(11-21)9-16(8-14)12-21/h3-6,14-16,24H,7-13,22H2,1-2H3,(H,23,25). The van der Waals surface area contributed by atoms with Crippen molar-refractivity contribution in [2.24, 2.45) is 17.8 Å². The van der Waals surface area contributed by atoms with Crippen LogP contribution in [0.15, 0.2) is 29.2 Å². The maximum absolute atomic E-state index is 12.8. The molecule has 0 unspecified atom stereocenters. The Balaban J connectivity index is 1.40. The molecule has 28 heavy (non-hydrogen) atoms. The molecule has 0 saturated heterocycles. The number of carbonyl (C=O) groups is 1. The van der Waals surface area contributed by atoms with Gasteiger partial charge in [0.1, 0.15) is 0 Å². The lowest BCUT2D eigenvalue weighted by Gasteiger charge is -2.57. The van der Waals surface area contributed by atoms with Crippen molar-refractivity contribution in [3.05, 3.63) is 24.3 Å². The first kappa shape index (κ1) is 19.7. The summed E-state index contributed by atoms with van der Waals surface area (Å²) in [5.74, 6) is 2.20. The minimum Gasteiger partial charge on any atom is -0.399 e. The molecule has 7 heteroatoms. The van der Waals surface area contributed by atoms with Crippen LogP contribution in [-0.4, -0.2) is 25.4 Å². The third-order valence-electron chi connectivity index (χ3n) is 6.65. The molecule has 4 saturated carbocycles. The van der Waals surface area contributed by atoms with Crippen molar-refractivity contribution in [1.82, 2.24) is 10.0 Å². The van der Waals surface area contributed by atoms with Crippen LogP contribution in [0, 0.1) is 17.8 Å². The molecule has 0 atom stereocenters. The van der Waals surface area contributed by atoms with Gasteiger partial charge in [-0.2, -0.15) is 0 Å². The minimum atomic E-state index is -3.72. The van der Waals surface area contributed by atoms with E-state index in [9.17, 15) is 13.2 Å². The third kappa shape index (κ3) is 4.06. The van der Waals surface area contributed by atoms with E-state index >= 15 is 0 Å². The second-order valence-corrected chi connectivity index (χ2v) is 11.7. The number of benzene rings is 1. The fourth-order valence-corrected chi connectivity index (χ4v) is 7.52. The van der Waals surface area contributed by atoms with E-state index in [4.69, 9.17) is 5.73 Å². The molecule has 4 fully saturated rings. The average Bonchev–Trinajstić information content (AvgIpc) is 2.51. The van der Waals surface area contributed by atoms with Gasteiger partial charge in [-0.3, -0.25) is 4.79 Å². The molecule has 4 bridgehead atoms. The molecule has 4 aliphatic rings. The lowest BCUT2D eigenvalue weighted by Crippen LogP contribution is -2.60. The van der Waals surface area contributed by atoms with Gasteiger partial charge in [0.25, 0.3) is 0 Å². The van der Waals surface area contributed by atoms with Crippen molar-refractivity contribution in [3.63, 3.8) is 0 Å². The van der Waals surface area contributed by atoms with Gasteiger partial charge >= 0.3 is 0 Å². The van der Waals surface area contributed by atoms with Crippen molar-refractivity contribution < 1.29 is 13.2 Å². The molecule has 0 spiro atoms. The smallest absolute Gasteiger partial charge is 0.241 e. The van der Waals surface area contributed by atoms with Gasteiger partial charge in [-0.1, -0.05) is 0 Å². The SMILES string of the molecule is CC(C)(CC(=O)NC12CC3CC(CC(C3)C1)C2)NS(=O)(=O)c1ccc(N)cc1. The fourth-order valence-electron chi connectivity index (χ4n) is 6.11. The number of carbonyl (C=O) groups excluding carboxylic acids is 1. The third-order valence-corrected chi connectivity index (χ3v) is 8.36. The predicted molar refractivity (Wildman–Crippen MR) is 109 cm³/mol. The molecule has 1 amide bonds. The highest BCUT2D eigenvalue weighted by Gasteiger charge is 2.51. The van der Waals surface area contributed by atoms with Gasteiger partial charge in [0.2, 0.25) is 15.9 Å². The Morgan fingerprint density at radius 2 is 1.57 bits per heavy atom. The van der Waals surface area contributed by atoms with Gasteiger partial charge in [0, 0.05) is 23.2 Å². The number of amides is 1. The van der Waals surface area contributed by atoms with E-state index in [0.717, 1.165) is 37.0 Å². The number of rotatable bonds is 6. The molecule has 5 rings (SSSR count). The Kier molecular flexibility index (Phi) is 4.74. The first-order chi connectivity index (χ1) is 13.0. The Morgan fingerprint density at radius 3 is 2.07 bits per heavy atom. The highest BCUT2D eigenvalue weighted by atomic mass is 32.2. The number of hydrogen-bond donors (Lipinski definition) is 3. The van der Waals surface area contributed by atoms with Crippen molar-refractivity contribution >= 4 is 21.6 Å². The summed E-state index contributed by atoms with van der Waals surface area (Å²) in [5.41, 5.74) is 5.20. The van der Waals surface area contributed by atoms with Crippen LogP contribution in [0.25, 0.3) is 0 Å². The van der Waals surface area contributed by atoms with Crippen LogP contribution in [0.4, 0.5) is 5.69 Å². The Labute approximate surface area is 167 Å². The Hall–Kier alpha value is -1.60. The van der Waals surface area contributed by atoms with Gasteiger partial charge in [-0.05, 0) is 94.4 Å². The van der Waals surface area contributed by atoms with Crippen molar-refractivity contribution in [3.8, 4) is 0 Å². The molecule has 6 nitrogen and oxygen atoms in total. The van der Waals surface area contributed by atoms with Crippen LogP contribution in [0.3, 0.4) is 0 Å². The molecule has 0 heterocycles. The van der Waals surface area contributed by atoms with Crippen LogP contribution in [-0.2, 0) is 14.8 Å². The van der Waals surface area contributed by atoms with Crippen LogP contribution in [0.5, 0.6) is 0 Å². The molecule has 0 aromatic heterocycles. The average molecular weight is 406 g/mol. The second-order valence-electron chi connectivity index (χ2n) is 9.98. The highest BCUT2D eigenvalue weighted by molar-refractivity contribution is 7.89. The number of hydrogen-bond acceptors (Lipinski definition) is 4. The number of nitrogens with one attached hydrogen (secondary N) is 2. The quantitative estimate of drug-likeness (QED) is 0.634. The summed E-state index contributed by atoms with van der Waals surface area (Å²) in [5, 5.41) is 3.32. The van der Waals surface area contributed by atoms with E-state index in [2.05, 4.69) is 10.0 Å². The maximum atomic E-state index is 12.8. The van der Waals surface area contributed by atoms with Crippen molar-refractivity contribution in [1.29, 1.82) is 0 Å². The number of anilines is 1. The van der Waals surface area contributed by atoms with E-state index in [1.165, 1.54) is 31.4 Å². The second kappa shape index (κ2) is 6.73. The maximum Gasteiger partial charge on any atom is 0.241 e. The lowest BCUT2D eigenvalue weighted by atomic mass is 9.53. The highest BCUT2D eigenvalue weighted by Crippen LogP contribution is 2.55. The summed E-state index contributed by atoms with van der Waals surface area (Å²) in [4.78, 5) is 13.0. The summed E-state index contributed by atoms with van der Waals surface area (Å²) >= 11 is 0. The van der Waals surface area contributed by atoms with Crippen molar-refractivity contribution in [2.75, 3.05) is 5.73 Å². The fraction of sp³-hybridized carbons (Fsp3) is 0.667. The molecule has 0 radical (unpaired) electrons. The summed E-state index contributed by atoms with van der Waals surface area (Å²) in [7, 11) is -3.72. The molecule has 4 N–H and O–H groups in total. The largest absolute Gasteiger partial charge is 0.399 e. The topological polar surface area (TPSA) is 101 Å². The molecular weight excluding hydrogens is 374 g/mol. The van der Waals surface area contributed by atoms with Gasteiger partial charge in [-0.25, -0.2) is 13.1 Å². The van der Waals surface area contributed by atoms with Gasteiger partial charge in [-0.15, -0.1) is 0 Å². The van der Waals surface area contributed by atoms with Crippen LogP contribution >= 0.6 is 0 Å².